The van der Waals surface area contributed by atoms with Crippen LogP contribution in [0.15, 0.2) is 88.7 Å². The standard InChI is InChI=1S/C21H19N3O2S/c1-15(25)22-16-8-7-9-17(14-16)23-21(26)24-19-12-5-6-13-20(19)27-18-10-3-2-4-11-18/h2-14H,1H3,(H,22,25)(H2,23,24,26). The Hall–Kier alpha value is -3.25. The summed E-state index contributed by atoms with van der Waals surface area (Å²) < 4.78 is 0. The summed E-state index contributed by atoms with van der Waals surface area (Å²) in [4.78, 5) is 25.6. The Bertz CT molecular complexity index is 945. The molecule has 3 aromatic carbocycles. The molecule has 0 fully saturated rings. The maximum absolute atomic E-state index is 12.4. The summed E-state index contributed by atoms with van der Waals surface area (Å²) in [5.74, 6) is -0.163. The van der Waals surface area contributed by atoms with Crippen LogP contribution in [-0.4, -0.2) is 11.9 Å². The van der Waals surface area contributed by atoms with Crippen molar-refractivity contribution in [3.63, 3.8) is 0 Å². The van der Waals surface area contributed by atoms with Crippen molar-refractivity contribution in [2.45, 2.75) is 16.7 Å². The highest BCUT2D eigenvalue weighted by atomic mass is 32.2. The SMILES string of the molecule is CC(=O)Nc1cccc(NC(=O)Nc2ccccc2Sc2ccccc2)c1. The minimum absolute atomic E-state index is 0.163. The maximum Gasteiger partial charge on any atom is 0.323 e. The summed E-state index contributed by atoms with van der Waals surface area (Å²) in [5, 5.41) is 8.36. The van der Waals surface area contributed by atoms with Gasteiger partial charge in [0.2, 0.25) is 5.91 Å². The van der Waals surface area contributed by atoms with Crippen LogP contribution < -0.4 is 16.0 Å². The van der Waals surface area contributed by atoms with Gasteiger partial charge in [-0.05, 0) is 42.5 Å². The summed E-state index contributed by atoms with van der Waals surface area (Å²) in [6.45, 7) is 1.44. The first-order valence-electron chi connectivity index (χ1n) is 8.38. The molecule has 0 saturated carbocycles. The average Bonchev–Trinajstić information content (AvgIpc) is 2.64. The van der Waals surface area contributed by atoms with Crippen molar-refractivity contribution in [1.29, 1.82) is 0 Å². The van der Waals surface area contributed by atoms with E-state index < -0.39 is 0 Å². The summed E-state index contributed by atoms with van der Waals surface area (Å²) in [6, 6.07) is 24.2. The summed E-state index contributed by atoms with van der Waals surface area (Å²) in [6.07, 6.45) is 0. The molecule has 0 aliphatic carbocycles. The lowest BCUT2D eigenvalue weighted by Crippen LogP contribution is -2.20. The Morgan fingerprint density at radius 3 is 2.15 bits per heavy atom. The number of para-hydroxylation sites is 1. The highest BCUT2D eigenvalue weighted by Crippen LogP contribution is 2.33. The van der Waals surface area contributed by atoms with Crippen molar-refractivity contribution >= 4 is 40.8 Å². The molecule has 0 radical (unpaired) electrons. The minimum Gasteiger partial charge on any atom is -0.326 e. The van der Waals surface area contributed by atoms with Gasteiger partial charge in [0.1, 0.15) is 0 Å². The normalized spacial score (nSPS) is 10.1. The van der Waals surface area contributed by atoms with Crippen LogP contribution in [0.1, 0.15) is 6.92 Å². The second kappa shape index (κ2) is 8.91. The lowest BCUT2D eigenvalue weighted by Gasteiger charge is -2.12. The molecule has 0 saturated heterocycles. The van der Waals surface area contributed by atoms with E-state index in [-0.39, 0.29) is 11.9 Å². The highest BCUT2D eigenvalue weighted by molar-refractivity contribution is 7.99. The van der Waals surface area contributed by atoms with Gasteiger partial charge < -0.3 is 16.0 Å². The zero-order valence-corrected chi connectivity index (χ0v) is 15.5. The number of hydrogen-bond acceptors (Lipinski definition) is 3. The van der Waals surface area contributed by atoms with Crippen molar-refractivity contribution < 1.29 is 9.59 Å². The average molecular weight is 377 g/mol. The first-order valence-corrected chi connectivity index (χ1v) is 9.19. The van der Waals surface area contributed by atoms with Gasteiger partial charge in [-0.25, -0.2) is 4.79 Å². The van der Waals surface area contributed by atoms with E-state index >= 15 is 0 Å². The monoisotopic (exact) mass is 377 g/mol. The number of carbonyl (C=O) groups is 2. The van der Waals surface area contributed by atoms with Gasteiger partial charge >= 0.3 is 6.03 Å². The van der Waals surface area contributed by atoms with Gasteiger partial charge in [0, 0.05) is 28.1 Å². The first kappa shape index (κ1) is 18.5. The van der Waals surface area contributed by atoms with Crippen LogP contribution in [0, 0.1) is 0 Å². The van der Waals surface area contributed by atoms with Gasteiger partial charge in [-0.3, -0.25) is 4.79 Å². The summed E-state index contributed by atoms with van der Waals surface area (Å²) in [5.41, 5.74) is 1.94. The van der Waals surface area contributed by atoms with Crippen LogP contribution in [-0.2, 0) is 4.79 Å². The Labute approximate surface area is 162 Å². The molecular weight excluding hydrogens is 358 g/mol. The zero-order chi connectivity index (χ0) is 19.1. The lowest BCUT2D eigenvalue weighted by molar-refractivity contribution is -0.114. The van der Waals surface area contributed by atoms with Crippen molar-refractivity contribution in [2.75, 3.05) is 16.0 Å². The molecule has 0 heterocycles. The van der Waals surface area contributed by atoms with Crippen LogP contribution in [0.25, 0.3) is 0 Å². The number of nitrogens with one attached hydrogen (secondary N) is 3. The Morgan fingerprint density at radius 2 is 1.41 bits per heavy atom. The smallest absolute Gasteiger partial charge is 0.323 e. The van der Waals surface area contributed by atoms with Gasteiger partial charge in [-0.1, -0.05) is 48.2 Å². The molecule has 3 aromatic rings. The number of benzene rings is 3. The second-order valence-electron chi connectivity index (χ2n) is 5.75. The number of hydrogen-bond donors (Lipinski definition) is 3. The fraction of sp³-hybridized carbons (Fsp3) is 0.0476. The molecular formula is C21H19N3O2S. The molecule has 0 aliphatic rings. The predicted octanol–water partition coefficient (Wildman–Crippen LogP) is 5.44. The van der Waals surface area contributed by atoms with Gasteiger partial charge in [0.25, 0.3) is 0 Å². The van der Waals surface area contributed by atoms with Crippen molar-refractivity contribution in [3.8, 4) is 0 Å². The molecule has 3 amide bonds. The fourth-order valence-electron chi connectivity index (χ4n) is 2.44. The van der Waals surface area contributed by atoms with E-state index in [1.54, 1.807) is 36.0 Å². The van der Waals surface area contributed by atoms with Crippen molar-refractivity contribution in [2.24, 2.45) is 0 Å². The molecule has 0 spiro atoms. The number of urea groups is 1. The quantitative estimate of drug-likeness (QED) is 0.554. The summed E-state index contributed by atoms with van der Waals surface area (Å²) in [7, 11) is 0. The van der Waals surface area contributed by atoms with E-state index in [2.05, 4.69) is 16.0 Å². The molecule has 6 heteroatoms. The van der Waals surface area contributed by atoms with E-state index in [0.717, 1.165) is 15.5 Å². The van der Waals surface area contributed by atoms with Gasteiger partial charge in [0.15, 0.2) is 0 Å². The molecule has 27 heavy (non-hydrogen) atoms. The van der Waals surface area contributed by atoms with E-state index in [9.17, 15) is 9.59 Å². The first-order chi connectivity index (χ1) is 13.1. The molecule has 5 nitrogen and oxygen atoms in total. The van der Waals surface area contributed by atoms with Crippen LogP contribution >= 0.6 is 11.8 Å². The Kier molecular flexibility index (Phi) is 6.12. The predicted molar refractivity (Wildman–Crippen MR) is 110 cm³/mol. The van der Waals surface area contributed by atoms with Crippen LogP contribution in [0.4, 0.5) is 21.9 Å². The van der Waals surface area contributed by atoms with E-state index in [1.807, 2.05) is 54.6 Å². The van der Waals surface area contributed by atoms with E-state index in [0.29, 0.717) is 11.4 Å². The molecule has 3 rings (SSSR count). The van der Waals surface area contributed by atoms with Crippen LogP contribution in [0.5, 0.6) is 0 Å². The van der Waals surface area contributed by atoms with Gasteiger partial charge in [0.05, 0.1) is 5.69 Å². The third kappa shape index (κ3) is 5.62. The fourth-order valence-corrected chi connectivity index (χ4v) is 3.36. The number of anilines is 3. The lowest BCUT2D eigenvalue weighted by atomic mass is 10.2. The molecule has 0 aliphatic heterocycles. The Morgan fingerprint density at radius 1 is 0.741 bits per heavy atom. The number of rotatable bonds is 5. The van der Waals surface area contributed by atoms with Crippen LogP contribution in [0.2, 0.25) is 0 Å². The van der Waals surface area contributed by atoms with Gasteiger partial charge in [-0.2, -0.15) is 0 Å². The topological polar surface area (TPSA) is 70.2 Å². The Balaban J connectivity index is 1.69. The molecule has 0 aromatic heterocycles. The maximum atomic E-state index is 12.4. The molecule has 0 bridgehead atoms. The molecule has 136 valence electrons. The van der Waals surface area contributed by atoms with E-state index in [4.69, 9.17) is 0 Å². The third-order valence-corrected chi connectivity index (χ3v) is 4.63. The van der Waals surface area contributed by atoms with Crippen LogP contribution in [0.3, 0.4) is 0 Å². The second-order valence-corrected chi connectivity index (χ2v) is 6.87. The molecule has 0 unspecified atom stereocenters. The van der Waals surface area contributed by atoms with E-state index in [1.165, 1.54) is 6.92 Å². The minimum atomic E-state index is -0.351. The largest absolute Gasteiger partial charge is 0.326 e. The van der Waals surface area contributed by atoms with Crippen molar-refractivity contribution in [3.05, 3.63) is 78.9 Å². The zero-order valence-electron chi connectivity index (χ0n) is 14.7. The van der Waals surface area contributed by atoms with Gasteiger partial charge in [-0.15, -0.1) is 0 Å². The molecule has 3 N–H and O–H groups in total. The highest BCUT2D eigenvalue weighted by Gasteiger charge is 2.08. The summed E-state index contributed by atoms with van der Waals surface area (Å²) >= 11 is 1.58. The molecule has 0 atom stereocenters. The number of carbonyl (C=O) groups excluding carboxylic acids is 2. The number of amides is 3. The van der Waals surface area contributed by atoms with Crippen molar-refractivity contribution in [1.82, 2.24) is 0 Å². The third-order valence-electron chi connectivity index (χ3n) is 3.55.